The standard InChI is InChI=1S/C15H25NO2/c1-5-16-14(11-12(3)17-4)13-9-7-8-10-15(13)18-6-2/h7-10,12,14,16H,5-6,11H2,1-4H3. The average molecular weight is 251 g/mol. The van der Waals surface area contributed by atoms with Crippen molar-refractivity contribution in [1.29, 1.82) is 0 Å². The zero-order chi connectivity index (χ0) is 13.4. The SMILES string of the molecule is CCNC(CC(C)OC)c1ccccc1OCC. The molecule has 2 unspecified atom stereocenters. The van der Waals surface area contributed by atoms with Crippen molar-refractivity contribution in [2.45, 2.75) is 39.3 Å². The summed E-state index contributed by atoms with van der Waals surface area (Å²) in [6, 6.07) is 8.49. The lowest BCUT2D eigenvalue weighted by Gasteiger charge is -2.23. The zero-order valence-electron chi connectivity index (χ0n) is 11.9. The Morgan fingerprint density at radius 2 is 1.94 bits per heavy atom. The summed E-state index contributed by atoms with van der Waals surface area (Å²) in [5.41, 5.74) is 1.21. The molecule has 1 aromatic rings. The first-order chi connectivity index (χ1) is 8.72. The van der Waals surface area contributed by atoms with Crippen LogP contribution in [0.3, 0.4) is 0 Å². The van der Waals surface area contributed by atoms with Crippen LogP contribution in [0.5, 0.6) is 5.75 Å². The maximum Gasteiger partial charge on any atom is 0.124 e. The van der Waals surface area contributed by atoms with Crippen molar-refractivity contribution in [1.82, 2.24) is 5.32 Å². The van der Waals surface area contributed by atoms with Crippen LogP contribution < -0.4 is 10.1 Å². The summed E-state index contributed by atoms with van der Waals surface area (Å²) >= 11 is 0. The van der Waals surface area contributed by atoms with Gasteiger partial charge in [-0.3, -0.25) is 0 Å². The van der Waals surface area contributed by atoms with Crippen molar-refractivity contribution < 1.29 is 9.47 Å². The maximum atomic E-state index is 5.70. The number of hydrogen-bond donors (Lipinski definition) is 1. The fourth-order valence-electron chi connectivity index (χ4n) is 2.05. The van der Waals surface area contributed by atoms with E-state index in [1.165, 1.54) is 5.56 Å². The molecule has 3 nitrogen and oxygen atoms in total. The molecule has 18 heavy (non-hydrogen) atoms. The molecule has 0 amide bonds. The second-order valence-corrected chi connectivity index (χ2v) is 4.36. The summed E-state index contributed by atoms with van der Waals surface area (Å²) in [5.74, 6) is 0.967. The topological polar surface area (TPSA) is 30.5 Å². The number of nitrogens with one attached hydrogen (secondary N) is 1. The molecule has 1 N–H and O–H groups in total. The van der Waals surface area contributed by atoms with Gasteiger partial charge in [0.05, 0.1) is 12.7 Å². The van der Waals surface area contributed by atoms with Gasteiger partial charge in [0.25, 0.3) is 0 Å². The molecule has 2 atom stereocenters. The third-order valence-electron chi connectivity index (χ3n) is 3.01. The number of rotatable bonds is 8. The third-order valence-corrected chi connectivity index (χ3v) is 3.01. The largest absolute Gasteiger partial charge is 0.494 e. The second-order valence-electron chi connectivity index (χ2n) is 4.36. The highest BCUT2D eigenvalue weighted by atomic mass is 16.5. The predicted octanol–water partition coefficient (Wildman–Crippen LogP) is 3.16. The number of hydrogen-bond acceptors (Lipinski definition) is 3. The van der Waals surface area contributed by atoms with Crippen LogP contribution in [-0.2, 0) is 4.74 Å². The highest BCUT2D eigenvalue weighted by Crippen LogP contribution is 2.28. The summed E-state index contributed by atoms with van der Waals surface area (Å²) in [4.78, 5) is 0. The van der Waals surface area contributed by atoms with Crippen molar-refractivity contribution in [3.05, 3.63) is 29.8 Å². The molecule has 102 valence electrons. The Balaban J connectivity index is 2.89. The number of para-hydroxylation sites is 1. The first-order valence-electron chi connectivity index (χ1n) is 6.70. The fourth-order valence-corrected chi connectivity index (χ4v) is 2.05. The van der Waals surface area contributed by atoms with Crippen LogP contribution >= 0.6 is 0 Å². The van der Waals surface area contributed by atoms with Crippen molar-refractivity contribution in [3.63, 3.8) is 0 Å². The Morgan fingerprint density at radius 1 is 1.22 bits per heavy atom. The lowest BCUT2D eigenvalue weighted by molar-refractivity contribution is 0.100. The van der Waals surface area contributed by atoms with Gasteiger partial charge in [-0.1, -0.05) is 25.1 Å². The summed E-state index contributed by atoms with van der Waals surface area (Å²) < 4.78 is 11.1. The number of methoxy groups -OCH3 is 1. The molecule has 0 radical (unpaired) electrons. The first kappa shape index (κ1) is 15.0. The monoisotopic (exact) mass is 251 g/mol. The molecular formula is C15H25NO2. The van der Waals surface area contributed by atoms with E-state index in [0.29, 0.717) is 6.61 Å². The Kier molecular flexibility index (Phi) is 6.76. The summed E-state index contributed by atoms with van der Waals surface area (Å²) in [7, 11) is 1.75. The Morgan fingerprint density at radius 3 is 2.56 bits per heavy atom. The quantitative estimate of drug-likeness (QED) is 0.770. The number of ether oxygens (including phenoxy) is 2. The lowest BCUT2D eigenvalue weighted by Crippen LogP contribution is -2.25. The molecule has 1 aromatic carbocycles. The molecule has 0 saturated carbocycles. The van der Waals surface area contributed by atoms with E-state index in [1.54, 1.807) is 7.11 Å². The van der Waals surface area contributed by atoms with Crippen LogP contribution in [0.4, 0.5) is 0 Å². The molecule has 0 heterocycles. The second kappa shape index (κ2) is 8.11. The van der Waals surface area contributed by atoms with Gasteiger partial charge in [-0.05, 0) is 32.9 Å². The van der Waals surface area contributed by atoms with Gasteiger partial charge < -0.3 is 14.8 Å². The van der Waals surface area contributed by atoms with E-state index in [0.717, 1.165) is 18.7 Å². The molecule has 0 aliphatic carbocycles. The van der Waals surface area contributed by atoms with Crippen molar-refractivity contribution >= 4 is 0 Å². The minimum Gasteiger partial charge on any atom is -0.494 e. The van der Waals surface area contributed by atoms with E-state index in [1.807, 2.05) is 19.1 Å². The Labute approximate surface area is 110 Å². The minimum atomic E-state index is 0.226. The van der Waals surface area contributed by atoms with Gasteiger partial charge in [0.2, 0.25) is 0 Å². The van der Waals surface area contributed by atoms with Gasteiger partial charge >= 0.3 is 0 Å². The minimum absolute atomic E-state index is 0.226. The molecule has 0 saturated heterocycles. The van der Waals surface area contributed by atoms with Crippen molar-refractivity contribution in [3.8, 4) is 5.75 Å². The molecule has 0 aromatic heterocycles. The zero-order valence-corrected chi connectivity index (χ0v) is 11.9. The summed E-state index contributed by atoms with van der Waals surface area (Å²) in [5, 5.41) is 3.50. The van der Waals surface area contributed by atoms with Gasteiger partial charge in [-0.25, -0.2) is 0 Å². The first-order valence-corrected chi connectivity index (χ1v) is 6.70. The molecule has 0 fully saturated rings. The van der Waals surface area contributed by atoms with E-state index in [2.05, 4.69) is 31.3 Å². The average Bonchev–Trinajstić information content (AvgIpc) is 2.39. The molecule has 0 bridgehead atoms. The normalized spacial score (nSPS) is 14.2. The van der Waals surface area contributed by atoms with Crippen LogP contribution in [0.1, 0.15) is 38.8 Å². The van der Waals surface area contributed by atoms with Gasteiger partial charge in [-0.2, -0.15) is 0 Å². The highest BCUT2D eigenvalue weighted by Gasteiger charge is 2.17. The van der Waals surface area contributed by atoms with E-state index >= 15 is 0 Å². The smallest absolute Gasteiger partial charge is 0.124 e. The van der Waals surface area contributed by atoms with E-state index < -0.39 is 0 Å². The van der Waals surface area contributed by atoms with Crippen LogP contribution in [0.25, 0.3) is 0 Å². The van der Waals surface area contributed by atoms with Crippen LogP contribution in [0, 0.1) is 0 Å². The molecule has 1 rings (SSSR count). The molecular weight excluding hydrogens is 226 g/mol. The van der Waals surface area contributed by atoms with Gasteiger partial charge in [0, 0.05) is 18.7 Å². The highest BCUT2D eigenvalue weighted by molar-refractivity contribution is 5.36. The predicted molar refractivity (Wildman–Crippen MR) is 75.1 cm³/mol. The van der Waals surface area contributed by atoms with Crippen molar-refractivity contribution in [2.75, 3.05) is 20.3 Å². The van der Waals surface area contributed by atoms with Crippen LogP contribution in [-0.4, -0.2) is 26.4 Å². The summed E-state index contributed by atoms with van der Waals surface area (Å²) in [6.45, 7) is 7.84. The Hall–Kier alpha value is -1.06. The summed E-state index contributed by atoms with van der Waals surface area (Å²) in [6.07, 6.45) is 1.16. The maximum absolute atomic E-state index is 5.70. The Bertz CT molecular complexity index is 341. The molecule has 0 spiro atoms. The van der Waals surface area contributed by atoms with Gasteiger partial charge in [-0.15, -0.1) is 0 Å². The van der Waals surface area contributed by atoms with E-state index in [4.69, 9.17) is 9.47 Å². The van der Waals surface area contributed by atoms with Crippen LogP contribution in [0.15, 0.2) is 24.3 Å². The fraction of sp³-hybridized carbons (Fsp3) is 0.600. The van der Waals surface area contributed by atoms with E-state index in [9.17, 15) is 0 Å². The molecule has 0 aliphatic heterocycles. The molecule has 3 heteroatoms. The van der Waals surface area contributed by atoms with Crippen LogP contribution in [0.2, 0.25) is 0 Å². The number of benzene rings is 1. The van der Waals surface area contributed by atoms with Gasteiger partial charge in [0.15, 0.2) is 0 Å². The third kappa shape index (κ3) is 4.31. The molecule has 0 aliphatic rings. The van der Waals surface area contributed by atoms with Gasteiger partial charge in [0.1, 0.15) is 5.75 Å². The lowest BCUT2D eigenvalue weighted by atomic mass is 10.00. The van der Waals surface area contributed by atoms with E-state index in [-0.39, 0.29) is 12.1 Å². The van der Waals surface area contributed by atoms with Crippen molar-refractivity contribution in [2.24, 2.45) is 0 Å².